The molecule has 0 saturated heterocycles. The highest BCUT2D eigenvalue weighted by atomic mass is 15.2. The van der Waals surface area contributed by atoms with E-state index in [2.05, 4.69) is 111 Å². The molecule has 0 aliphatic heterocycles. The van der Waals surface area contributed by atoms with Gasteiger partial charge in [-0.15, -0.1) is 0 Å². The van der Waals surface area contributed by atoms with Crippen molar-refractivity contribution in [2.24, 2.45) is 430 Å². The summed E-state index contributed by atoms with van der Waals surface area (Å²) < 4.78 is 0. The van der Waals surface area contributed by atoms with Crippen molar-refractivity contribution < 1.29 is 0 Å². The Hall–Kier alpha value is 0. The molecule has 38 aliphatic rings. The van der Waals surface area contributed by atoms with Crippen LogP contribution >= 0.6 is 0 Å². The van der Waals surface area contributed by atoms with Crippen LogP contribution in [0, 0.1) is 430 Å². The predicted octanol–water partition coefficient (Wildman–Crippen LogP) is 29.0. The topological polar surface area (TPSA) is 0 Å². The summed E-state index contributed by atoms with van der Waals surface area (Å²) in [7, 11) is 0. The molecule has 38 rings (SSSR count). The van der Waals surface area contributed by atoms with Crippen molar-refractivity contribution >= 4 is 0 Å². The molecular weight excluding hydrogens is 1500 g/mol. The van der Waals surface area contributed by atoms with E-state index in [0.717, 1.165) is 221 Å². The number of fused-ring (bicyclic) bond motifs is 28. The molecule has 8 spiro atoms. The first-order valence-electron chi connectivity index (χ1n) is 60.4. The summed E-state index contributed by atoms with van der Waals surface area (Å²) in [5.41, 5.74) is 10.6. The molecule has 0 N–H and O–H groups in total. The van der Waals surface area contributed by atoms with Crippen LogP contribution in [0.1, 0.15) is 336 Å². The van der Waals surface area contributed by atoms with Crippen molar-refractivity contribution in [2.45, 2.75) is 336 Å². The van der Waals surface area contributed by atoms with Crippen molar-refractivity contribution in [2.75, 3.05) is 0 Å². The lowest BCUT2D eigenvalue weighted by molar-refractivity contribution is -0.755. The Kier molecular flexibility index (Phi) is 11.8. The monoisotopic (exact) mass is 1680 g/mol. The second kappa shape index (κ2) is 20.2. The molecule has 0 aromatic rings. The van der Waals surface area contributed by atoms with E-state index < -0.39 is 0 Å². The molecule has 0 amide bonds. The fourth-order valence-electron chi connectivity index (χ4n) is 68.5. The lowest BCUT2D eigenvalue weighted by atomic mass is 8.82. The zero-order chi connectivity index (χ0) is 82.2. The average molecular weight is 1680 g/mol. The highest BCUT2D eigenvalue weighted by Gasteiger charge is 3.20. The SMILES string of the molecule is CC1C2C3CC[C@]34[C@H]3[C@H]([C@@H]5[C@H]3[C@]36CC[C@@H]3CC[C@@H]3CC[C@]37[C@@H]3[C@@H]8[C@@H]9[C@@H]%10[C@@H]%11[C@@H]%12[C@@H]%13[C@@H]%14[C@H]%15[C@@H]%16[C@@H]%17[C@H]%15[C@H]%15[C@@H]%17[C@@H]%17[C@H]%15[C@H]%15[C@@H]%17[C@@]%17%18[C@H]%15[C@@H]%15[C@H]%19[C@H]([C@H]%20[C@@H]%21[C@@H]%22[C@@H]%23[C@@H]%24[C@@H]%25[C@H]([C@H]%26CC[C@H]%26CCC[C@H]%26CC[C@]%26%19%20)[C@H](C)[C@]%25(C)[C@]%24(C)[C@]%23(C)[C@]%22(C)[C@]%21(C)[C@H](C)C[C@H](C)[C@]%17(C)[C@H](C)CCCCCCC[C@H](C)[C@]%17(C)[C@@H]%19[C@](C)([C@H](C)CCCCCCCC[C@@H]1C)[C@]8([C@@H]3[C@@H]7CCCC[C@H]56)[C@@]9%19[C@@]%10%17[C@H]%11[C@H]%12[C@H]%13[C@@H]%16%14)[C@@H]%15%18)[C@H]24. The Labute approximate surface area is 760 Å². The first-order valence-corrected chi connectivity index (χ1v) is 60.4. The lowest BCUT2D eigenvalue weighted by Gasteiger charge is -3.21. The van der Waals surface area contributed by atoms with Crippen LogP contribution in [0.4, 0.5) is 0 Å². The third-order valence-electron chi connectivity index (χ3n) is 70.5. The minimum Gasteiger partial charge on any atom is -0.0622 e. The molecule has 38 saturated carbocycles. The maximum atomic E-state index is 3.28. The van der Waals surface area contributed by atoms with Gasteiger partial charge in [0.15, 0.2) is 0 Å². The third kappa shape index (κ3) is 5.39. The first-order chi connectivity index (χ1) is 60.4. The van der Waals surface area contributed by atoms with Crippen LogP contribution in [-0.4, -0.2) is 0 Å². The van der Waals surface area contributed by atoms with Gasteiger partial charge < -0.3 is 0 Å². The van der Waals surface area contributed by atoms with E-state index in [9.17, 15) is 0 Å². The summed E-state index contributed by atoms with van der Waals surface area (Å²) >= 11 is 0. The van der Waals surface area contributed by atoms with Crippen LogP contribution in [0.25, 0.3) is 0 Å². The second-order valence-electron chi connectivity index (χ2n) is 64.4. The summed E-state index contributed by atoms with van der Waals surface area (Å²) in [6.07, 6.45) is 56.6. The molecule has 125 heavy (non-hydrogen) atoms. The minimum atomic E-state index is 0.487. The maximum absolute atomic E-state index is 3.28. The number of rotatable bonds is 0. The van der Waals surface area contributed by atoms with E-state index >= 15 is 0 Å². The van der Waals surface area contributed by atoms with E-state index in [-0.39, 0.29) is 0 Å². The number of hydrogen-bond donors (Lipinski definition) is 0. The molecule has 0 aromatic carbocycles. The molecule has 74 atom stereocenters. The van der Waals surface area contributed by atoms with Gasteiger partial charge in [-0.05, 0) is 533 Å². The lowest BCUT2D eigenvalue weighted by Crippen LogP contribution is -3.19. The van der Waals surface area contributed by atoms with Gasteiger partial charge in [-0.2, -0.15) is 0 Å². The maximum Gasteiger partial charge on any atom is -0.00887 e. The van der Waals surface area contributed by atoms with E-state index in [1.807, 2.05) is 0 Å². The standard InChI is InChI=1S/C125H176/c1-52-31-24-20-17-18-21-26-33-54(3)112(11)109-113(12)55(4)34-27-23-19-22-25-32-53(2)110(9)56(5)51-57(6)111(10)102-100-89-92(120(100)49-45-61(120)36-30-35-60-39-42-64(60)69-59(8)114(13)97(69)103-105-104(102)115(111,14)117(105,16)116(103,114)15)88-94-86-81-77-73-71-72(75(73)79(77)83(81)93(86)122(94,110)95(88)89)76-74(71)78-80(76)84-82(78)87-96(84)124(113)101(87)107-108-106-90(123(108,112)125(107,109)124)67-38-29-28-37-65-70-85-91-68(58(52)7)66-46-50-121(66,91)99(85)98(70)118(65)47-43-62(118)40-41-63-44-48-119(63,67)106/h52-109H,17-51H2,1-16H3/t52-,53+,54+,55-,56-,57+,58?,59-,60+,61-,62-,63+,64-,65+,66?,67-,68?,69-,70+,71-,72+,73-,74+,75+,76-,77-,78+,79+,80-,81-,82+,83+,84-,85+,86-,87+,88-,89-,90+,91-,92-,93+,94+,95+,96-,97-,98+,99-,100-,101-,102+,103-,104+,105-,106-,107-,108+,109-,110-,111+,112-,113+,114-,115-,116+,117-,118+,119-,120-,121-,122-,123+,124-,125+/m0/s1. The zero-order valence-electron chi connectivity index (χ0n) is 82.2. The van der Waals surface area contributed by atoms with Gasteiger partial charge in [-0.3, -0.25) is 0 Å². The molecule has 0 heterocycles. The largest absolute Gasteiger partial charge is 0.0622 e. The molecule has 0 aromatic heterocycles. The van der Waals surface area contributed by atoms with Crippen molar-refractivity contribution in [3.05, 3.63) is 0 Å². The summed E-state index contributed by atoms with van der Waals surface area (Å²) in [5, 5.41) is 0. The van der Waals surface area contributed by atoms with Crippen molar-refractivity contribution in [1.82, 2.24) is 0 Å². The zero-order valence-corrected chi connectivity index (χ0v) is 82.2. The highest BCUT2D eigenvalue weighted by Crippen LogP contribution is 3.23. The smallest absolute Gasteiger partial charge is 0.00887 e. The Morgan fingerprint density at radius 1 is 0.208 bits per heavy atom. The summed E-state index contributed by atoms with van der Waals surface area (Å²) in [5.74, 6) is 65.5. The fraction of sp³-hybridized carbons (Fsp3) is 1.00. The Morgan fingerprint density at radius 3 is 1.26 bits per heavy atom. The van der Waals surface area contributed by atoms with Gasteiger partial charge in [-0.1, -0.05) is 233 Å². The van der Waals surface area contributed by atoms with Crippen LogP contribution in [0.3, 0.4) is 0 Å². The van der Waals surface area contributed by atoms with E-state index in [1.54, 1.807) is 205 Å². The molecule has 0 heteroatoms. The van der Waals surface area contributed by atoms with Gasteiger partial charge in [0.2, 0.25) is 0 Å². The molecule has 0 radical (unpaired) electrons. The average Bonchev–Trinajstić information content (AvgIpc) is 0.521. The number of hydrogen-bond acceptors (Lipinski definition) is 0. The van der Waals surface area contributed by atoms with Gasteiger partial charge >= 0.3 is 0 Å². The summed E-state index contributed by atoms with van der Waals surface area (Å²) in [6, 6.07) is 0. The first kappa shape index (κ1) is 73.2. The Balaban J connectivity index is 0.430. The quantitative estimate of drug-likeness (QED) is 0.227. The van der Waals surface area contributed by atoms with Gasteiger partial charge in [0.05, 0.1) is 0 Å². The molecule has 2 bridgehead atoms. The van der Waals surface area contributed by atoms with Gasteiger partial charge in [-0.25, -0.2) is 0 Å². The van der Waals surface area contributed by atoms with E-state index in [4.69, 9.17) is 0 Å². The predicted molar refractivity (Wildman–Crippen MR) is 494 cm³/mol. The summed E-state index contributed by atoms with van der Waals surface area (Å²) in [4.78, 5) is 0. The molecule has 676 valence electrons. The van der Waals surface area contributed by atoms with Crippen LogP contribution in [0.5, 0.6) is 0 Å². The van der Waals surface area contributed by atoms with Crippen molar-refractivity contribution in [3.8, 4) is 0 Å². The van der Waals surface area contributed by atoms with Crippen LogP contribution < -0.4 is 0 Å². The van der Waals surface area contributed by atoms with Crippen molar-refractivity contribution in [1.29, 1.82) is 0 Å². The minimum absolute atomic E-state index is 0.487. The second-order valence-corrected chi connectivity index (χ2v) is 64.4. The van der Waals surface area contributed by atoms with Gasteiger partial charge in [0.1, 0.15) is 0 Å². The third-order valence-corrected chi connectivity index (χ3v) is 70.5. The molecule has 0 nitrogen and oxygen atoms in total. The Bertz CT molecular complexity index is 5030. The van der Waals surface area contributed by atoms with Gasteiger partial charge in [0, 0.05) is 0 Å². The van der Waals surface area contributed by atoms with Crippen molar-refractivity contribution in [3.63, 3.8) is 0 Å². The van der Waals surface area contributed by atoms with E-state index in [0.29, 0.717) is 48.7 Å². The van der Waals surface area contributed by atoms with Crippen LogP contribution in [-0.2, 0) is 0 Å². The molecule has 38 aliphatic carbocycles. The normalized spacial score (nSPS) is 81.8. The summed E-state index contributed by atoms with van der Waals surface area (Å²) in [6.45, 7) is 49.1. The van der Waals surface area contributed by atoms with E-state index in [1.165, 1.54) is 179 Å². The fourth-order valence-corrected chi connectivity index (χ4v) is 68.5. The van der Waals surface area contributed by atoms with Crippen LogP contribution in [0.2, 0.25) is 0 Å². The molecular formula is C125H176. The van der Waals surface area contributed by atoms with Gasteiger partial charge in [0.25, 0.3) is 0 Å². The molecule has 38 fully saturated rings. The van der Waals surface area contributed by atoms with Crippen LogP contribution in [0.15, 0.2) is 0 Å². The Morgan fingerprint density at radius 2 is 0.656 bits per heavy atom. The highest BCUT2D eigenvalue weighted by molar-refractivity contribution is 5.66. The molecule has 3 unspecified atom stereocenters.